The second kappa shape index (κ2) is 9.23. The molecule has 0 aromatic heterocycles. The molecule has 0 heterocycles. The number of aromatic hydroxyl groups is 1. The minimum absolute atomic E-state index is 0.336. The van der Waals surface area contributed by atoms with Crippen molar-refractivity contribution in [2.45, 2.75) is 77.4 Å². The molecule has 2 aliphatic rings. The molecule has 2 fully saturated rings. The van der Waals surface area contributed by atoms with Crippen LogP contribution in [0.3, 0.4) is 0 Å². The van der Waals surface area contributed by atoms with Crippen molar-refractivity contribution in [2.24, 2.45) is 17.8 Å². The van der Waals surface area contributed by atoms with E-state index in [4.69, 9.17) is 9.47 Å². The fraction of sp³-hybridized carbons (Fsp3) is 0.739. The number of phenols is 1. The number of rotatable bonds is 6. The summed E-state index contributed by atoms with van der Waals surface area (Å²) in [5.41, 5.74) is 3.14. The number of benzene rings is 1. The quantitative estimate of drug-likeness (QED) is 0.698. The molecule has 0 unspecified atom stereocenters. The predicted molar refractivity (Wildman–Crippen MR) is 105 cm³/mol. The molecule has 26 heavy (non-hydrogen) atoms. The maximum absolute atomic E-state index is 10.4. The largest absolute Gasteiger partial charge is 0.507 e. The number of hydrogen-bond donors (Lipinski definition) is 1. The molecule has 0 aliphatic heterocycles. The van der Waals surface area contributed by atoms with E-state index in [9.17, 15) is 5.11 Å². The lowest BCUT2D eigenvalue weighted by Crippen LogP contribution is -2.24. The Hall–Kier alpha value is -1.06. The van der Waals surface area contributed by atoms with Gasteiger partial charge in [-0.25, -0.2) is 0 Å². The summed E-state index contributed by atoms with van der Waals surface area (Å²) in [6.07, 6.45) is 11.1. The molecule has 1 N–H and O–H groups in total. The minimum atomic E-state index is 0.336. The van der Waals surface area contributed by atoms with Crippen molar-refractivity contribution in [3.05, 3.63) is 28.8 Å². The van der Waals surface area contributed by atoms with Gasteiger partial charge in [-0.2, -0.15) is 0 Å². The second-order valence-electron chi connectivity index (χ2n) is 8.69. The lowest BCUT2D eigenvalue weighted by Gasteiger charge is -2.37. The molecule has 2 saturated carbocycles. The van der Waals surface area contributed by atoms with Crippen molar-refractivity contribution < 1.29 is 14.6 Å². The zero-order chi connectivity index (χ0) is 18.5. The zero-order valence-corrected chi connectivity index (χ0v) is 16.8. The van der Waals surface area contributed by atoms with Crippen molar-refractivity contribution >= 4 is 0 Å². The van der Waals surface area contributed by atoms with Crippen LogP contribution >= 0.6 is 0 Å². The Morgan fingerprint density at radius 3 is 1.73 bits per heavy atom. The first kappa shape index (κ1) is 19.7. The lowest BCUT2D eigenvalue weighted by molar-refractivity contribution is 0.164. The van der Waals surface area contributed by atoms with Crippen LogP contribution in [0, 0.1) is 17.8 Å². The normalized spacial score (nSPS) is 29.7. The van der Waals surface area contributed by atoms with Gasteiger partial charge in [-0.1, -0.05) is 19.8 Å². The first-order chi connectivity index (χ1) is 12.6. The average Bonchev–Trinajstić information content (AvgIpc) is 2.66. The molecule has 0 radical (unpaired) electrons. The highest BCUT2D eigenvalue weighted by molar-refractivity contribution is 5.44. The van der Waals surface area contributed by atoms with E-state index in [0.29, 0.717) is 24.9 Å². The fourth-order valence-corrected chi connectivity index (χ4v) is 5.23. The highest BCUT2D eigenvalue weighted by atomic mass is 16.5. The molecule has 0 atom stereocenters. The summed E-state index contributed by atoms with van der Waals surface area (Å²) in [5.74, 6) is 3.80. The molecule has 3 heteroatoms. The summed E-state index contributed by atoms with van der Waals surface area (Å²) in [6, 6.07) is 4.32. The summed E-state index contributed by atoms with van der Waals surface area (Å²) >= 11 is 0. The van der Waals surface area contributed by atoms with Gasteiger partial charge in [0, 0.05) is 25.3 Å². The molecule has 3 rings (SSSR count). The number of phenolic OH excluding ortho intramolecular Hbond substituents is 1. The van der Waals surface area contributed by atoms with Crippen LogP contribution in [0.2, 0.25) is 0 Å². The molecular weight excluding hydrogens is 324 g/mol. The monoisotopic (exact) mass is 360 g/mol. The molecule has 0 spiro atoms. The topological polar surface area (TPSA) is 38.7 Å². The van der Waals surface area contributed by atoms with Crippen LogP contribution in [0.5, 0.6) is 5.75 Å². The Labute approximate surface area is 159 Å². The molecule has 146 valence electrons. The Morgan fingerprint density at radius 2 is 1.27 bits per heavy atom. The first-order valence-electron chi connectivity index (χ1n) is 10.4. The third-order valence-corrected chi connectivity index (χ3v) is 6.86. The Bertz CT molecular complexity index is 540. The van der Waals surface area contributed by atoms with Gasteiger partial charge in [-0.05, 0) is 79.9 Å². The van der Waals surface area contributed by atoms with E-state index in [2.05, 4.69) is 19.1 Å². The average molecular weight is 361 g/mol. The van der Waals surface area contributed by atoms with Crippen LogP contribution in [0.4, 0.5) is 0 Å². The summed E-state index contributed by atoms with van der Waals surface area (Å²) < 4.78 is 10.6. The third-order valence-electron chi connectivity index (χ3n) is 6.86. The first-order valence-corrected chi connectivity index (χ1v) is 10.4. The summed E-state index contributed by atoms with van der Waals surface area (Å²) in [6.45, 7) is 3.31. The Kier molecular flexibility index (Phi) is 6.99. The van der Waals surface area contributed by atoms with Crippen LogP contribution in [-0.2, 0) is 22.7 Å². The van der Waals surface area contributed by atoms with E-state index >= 15 is 0 Å². The summed E-state index contributed by atoms with van der Waals surface area (Å²) in [4.78, 5) is 0. The molecular formula is C23H36O3. The highest BCUT2D eigenvalue weighted by Gasteiger charge is 2.30. The SMILES string of the molecule is COCc1cc(C2CCC(C3CCC(C)CC3)CC2)cc(COC)c1O. The molecule has 0 amide bonds. The van der Waals surface area contributed by atoms with Crippen molar-refractivity contribution in [1.29, 1.82) is 0 Å². The van der Waals surface area contributed by atoms with E-state index in [1.54, 1.807) is 14.2 Å². The van der Waals surface area contributed by atoms with Crippen molar-refractivity contribution in [3.8, 4) is 5.75 Å². The third kappa shape index (κ3) is 4.61. The van der Waals surface area contributed by atoms with Crippen molar-refractivity contribution in [2.75, 3.05) is 14.2 Å². The van der Waals surface area contributed by atoms with Crippen molar-refractivity contribution in [3.63, 3.8) is 0 Å². The van der Waals surface area contributed by atoms with E-state index in [-0.39, 0.29) is 0 Å². The molecule has 3 nitrogen and oxygen atoms in total. The zero-order valence-electron chi connectivity index (χ0n) is 16.8. The van der Waals surface area contributed by atoms with E-state index in [1.165, 1.54) is 56.9 Å². The fourth-order valence-electron chi connectivity index (χ4n) is 5.23. The summed E-state index contributed by atoms with van der Waals surface area (Å²) in [7, 11) is 3.36. The molecule has 1 aromatic carbocycles. The van der Waals surface area contributed by atoms with Gasteiger partial charge >= 0.3 is 0 Å². The van der Waals surface area contributed by atoms with Crippen LogP contribution in [0.1, 0.15) is 80.9 Å². The molecule has 0 bridgehead atoms. The number of hydrogen-bond acceptors (Lipinski definition) is 3. The van der Waals surface area contributed by atoms with E-state index in [0.717, 1.165) is 28.9 Å². The Balaban J connectivity index is 1.66. The van der Waals surface area contributed by atoms with Crippen LogP contribution in [0.15, 0.2) is 12.1 Å². The van der Waals surface area contributed by atoms with Crippen LogP contribution in [0.25, 0.3) is 0 Å². The van der Waals surface area contributed by atoms with Crippen LogP contribution < -0.4 is 0 Å². The maximum Gasteiger partial charge on any atom is 0.126 e. The second-order valence-corrected chi connectivity index (χ2v) is 8.69. The van der Waals surface area contributed by atoms with Gasteiger partial charge in [0.05, 0.1) is 13.2 Å². The van der Waals surface area contributed by atoms with Gasteiger partial charge in [-0.15, -0.1) is 0 Å². The van der Waals surface area contributed by atoms with Gasteiger partial charge < -0.3 is 14.6 Å². The van der Waals surface area contributed by atoms with Gasteiger partial charge in [0.2, 0.25) is 0 Å². The number of ether oxygens (including phenoxy) is 2. The molecule has 2 aliphatic carbocycles. The van der Waals surface area contributed by atoms with Gasteiger partial charge in [0.25, 0.3) is 0 Å². The Morgan fingerprint density at radius 1 is 0.808 bits per heavy atom. The highest BCUT2D eigenvalue weighted by Crippen LogP contribution is 2.44. The summed E-state index contributed by atoms with van der Waals surface area (Å²) in [5, 5.41) is 10.4. The lowest BCUT2D eigenvalue weighted by atomic mass is 9.68. The van der Waals surface area contributed by atoms with Gasteiger partial charge in [0.1, 0.15) is 5.75 Å². The minimum Gasteiger partial charge on any atom is -0.507 e. The van der Waals surface area contributed by atoms with E-state index in [1.807, 2.05) is 0 Å². The smallest absolute Gasteiger partial charge is 0.126 e. The molecule has 1 aromatic rings. The van der Waals surface area contributed by atoms with E-state index < -0.39 is 0 Å². The number of methoxy groups -OCH3 is 2. The standard InChI is InChI=1S/C23H36O3/c1-16-4-6-17(7-5-16)18-8-10-19(11-9-18)20-12-21(14-25-2)23(24)22(13-20)15-26-3/h12-13,16-19,24H,4-11,14-15H2,1-3H3. The van der Waals surface area contributed by atoms with Gasteiger partial charge in [0.15, 0.2) is 0 Å². The molecule has 0 saturated heterocycles. The van der Waals surface area contributed by atoms with Crippen LogP contribution in [-0.4, -0.2) is 19.3 Å². The maximum atomic E-state index is 10.4. The predicted octanol–water partition coefficient (Wildman–Crippen LogP) is 5.79. The van der Waals surface area contributed by atoms with Gasteiger partial charge in [-0.3, -0.25) is 0 Å². The van der Waals surface area contributed by atoms with Crippen molar-refractivity contribution in [1.82, 2.24) is 0 Å².